The van der Waals surface area contributed by atoms with Gasteiger partial charge in [0.1, 0.15) is 11.5 Å². The molecule has 12 heteroatoms. The van der Waals surface area contributed by atoms with Gasteiger partial charge in [0.05, 0.1) is 12.8 Å². The van der Waals surface area contributed by atoms with Crippen molar-refractivity contribution in [1.29, 1.82) is 0 Å². The third-order valence-corrected chi connectivity index (χ3v) is 4.61. The number of aryl methyl sites for hydroxylation is 1. The first-order valence-corrected chi connectivity index (χ1v) is 10.4. The van der Waals surface area contributed by atoms with E-state index in [9.17, 15) is 8.42 Å². The number of carboxylic acid groups (broad SMARTS) is 2. The van der Waals surface area contributed by atoms with Crippen LogP contribution in [-0.2, 0) is 45.5 Å². The van der Waals surface area contributed by atoms with Gasteiger partial charge in [0.2, 0.25) is 10.0 Å². The number of carbonyl (C=O) groups is 2. The molecule has 0 saturated heterocycles. The maximum atomic E-state index is 11.2. The first-order valence-electron chi connectivity index (χ1n) is 8.53. The van der Waals surface area contributed by atoms with E-state index >= 15 is 0 Å². The molecule has 1 unspecified atom stereocenters. The molecular formula is C17H24N4O7S. The van der Waals surface area contributed by atoms with Crippen LogP contribution in [0.5, 0.6) is 0 Å². The van der Waals surface area contributed by atoms with Crippen LogP contribution in [0.25, 0.3) is 0 Å². The minimum absolute atomic E-state index is 0.174. The Hall–Kier alpha value is -2.83. The molecule has 1 aliphatic carbocycles. The molecule has 0 bridgehead atoms. The fourth-order valence-electron chi connectivity index (χ4n) is 2.74. The minimum atomic E-state index is -3.24. The average molecular weight is 428 g/mol. The maximum absolute atomic E-state index is 11.2. The van der Waals surface area contributed by atoms with Gasteiger partial charge in [0.15, 0.2) is 0 Å². The van der Waals surface area contributed by atoms with Gasteiger partial charge < -0.3 is 20.1 Å². The molecule has 0 aliphatic heterocycles. The maximum Gasteiger partial charge on any atom is 0.290 e. The van der Waals surface area contributed by atoms with Crippen LogP contribution in [0.1, 0.15) is 29.0 Å². The molecule has 29 heavy (non-hydrogen) atoms. The summed E-state index contributed by atoms with van der Waals surface area (Å²) in [5.74, 6) is 0.870. The van der Waals surface area contributed by atoms with Crippen LogP contribution in [0.3, 0.4) is 0 Å². The molecule has 0 saturated carbocycles. The molecule has 0 aromatic carbocycles. The molecule has 2 aromatic rings. The summed E-state index contributed by atoms with van der Waals surface area (Å²) in [6, 6.07) is 4.28. The average Bonchev–Trinajstić information content (AvgIpc) is 3.09. The van der Waals surface area contributed by atoms with Gasteiger partial charge >= 0.3 is 0 Å². The van der Waals surface area contributed by atoms with Crippen LogP contribution in [-0.4, -0.2) is 54.0 Å². The first-order chi connectivity index (χ1) is 13.8. The van der Waals surface area contributed by atoms with Gasteiger partial charge in [-0.2, -0.15) is 0 Å². The summed E-state index contributed by atoms with van der Waals surface area (Å²) in [6.07, 6.45) is 7.32. The standard InChI is InChI=1S/C15H20N4O3S.2CH2O2/c1-23(20,21)18-10-14-13-7-12(4-5-15(13)22-19-14)17-9-11-3-2-6-16-8-11;2*2-1-3/h2-3,6,8,12,17-18H,4-5,7,9-10H2,1H3;2*1H,(H,2,3). The highest BCUT2D eigenvalue weighted by Gasteiger charge is 2.25. The fraction of sp³-hybridized carbons (Fsp3) is 0.412. The molecule has 160 valence electrons. The predicted octanol–water partition coefficient (Wildman–Crippen LogP) is 0.168. The van der Waals surface area contributed by atoms with Gasteiger partial charge in [-0.25, -0.2) is 13.1 Å². The van der Waals surface area contributed by atoms with E-state index in [0.717, 1.165) is 49.0 Å². The van der Waals surface area contributed by atoms with E-state index in [1.807, 2.05) is 18.3 Å². The summed E-state index contributed by atoms with van der Waals surface area (Å²) in [6.45, 7) is 0.434. The van der Waals surface area contributed by atoms with Crippen molar-refractivity contribution in [3.05, 3.63) is 47.1 Å². The normalized spacial score (nSPS) is 15.0. The number of pyridine rings is 1. The van der Waals surface area contributed by atoms with Crippen LogP contribution < -0.4 is 10.0 Å². The second-order valence-electron chi connectivity index (χ2n) is 6.02. The highest BCUT2D eigenvalue weighted by atomic mass is 32.2. The van der Waals surface area contributed by atoms with Gasteiger partial charge in [-0.15, -0.1) is 0 Å². The number of fused-ring (bicyclic) bond motifs is 1. The SMILES string of the molecule is CS(=O)(=O)NCc1noc2c1CC(NCc1cccnc1)CC2.O=CO.O=CO. The monoisotopic (exact) mass is 428 g/mol. The Morgan fingerprint density at radius 3 is 2.55 bits per heavy atom. The molecule has 0 amide bonds. The van der Waals surface area contributed by atoms with Crippen molar-refractivity contribution in [3.8, 4) is 0 Å². The number of hydrogen-bond acceptors (Lipinski definition) is 8. The Labute approximate surface area is 168 Å². The second-order valence-corrected chi connectivity index (χ2v) is 7.85. The van der Waals surface area contributed by atoms with E-state index in [1.165, 1.54) is 0 Å². The smallest absolute Gasteiger partial charge is 0.290 e. The third kappa shape index (κ3) is 9.27. The molecule has 0 spiro atoms. The number of hydrogen-bond donors (Lipinski definition) is 4. The van der Waals surface area contributed by atoms with Crippen molar-refractivity contribution < 1.29 is 32.7 Å². The Kier molecular flexibility index (Phi) is 10.5. The minimum Gasteiger partial charge on any atom is -0.483 e. The summed E-state index contributed by atoms with van der Waals surface area (Å²) >= 11 is 0. The molecule has 2 heterocycles. The summed E-state index contributed by atoms with van der Waals surface area (Å²) in [5, 5.41) is 21.3. The number of aromatic nitrogens is 2. The van der Waals surface area contributed by atoms with Crippen molar-refractivity contribution in [2.45, 2.75) is 38.4 Å². The lowest BCUT2D eigenvalue weighted by molar-refractivity contribution is -0.123. The van der Waals surface area contributed by atoms with Gasteiger partial charge in [0.25, 0.3) is 12.9 Å². The molecule has 2 aromatic heterocycles. The molecular weight excluding hydrogens is 404 g/mol. The summed E-state index contributed by atoms with van der Waals surface area (Å²) < 4.78 is 30.3. The van der Waals surface area contributed by atoms with Crippen molar-refractivity contribution in [3.63, 3.8) is 0 Å². The summed E-state index contributed by atoms with van der Waals surface area (Å²) in [7, 11) is -3.24. The third-order valence-electron chi connectivity index (χ3n) is 3.94. The number of sulfonamides is 1. The highest BCUT2D eigenvalue weighted by molar-refractivity contribution is 7.88. The molecule has 0 radical (unpaired) electrons. The lowest BCUT2D eigenvalue weighted by atomic mass is 9.92. The van der Waals surface area contributed by atoms with Crippen LogP contribution >= 0.6 is 0 Å². The van der Waals surface area contributed by atoms with Crippen LogP contribution in [0.15, 0.2) is 29.0 Å². The zero-order valence-corrected chi connectivity index (χ0v) is 16.6. The number of nitrogens with zero attached hydrogens (tertiary/aromatic N) is 2. The van der Waals surface area contributed by atoms with E-state index < -0.39 is 10.0 Å². The summed E-state index contributed by atoms with van der Waals surface area (Å²) in [4.78, 5) is 20.8. The van der Waals surface area contributed by atoms with Crippen molar-refractivity contribution >= 4 is 23.0 Å². The Morgan fingerprint density at radius 2 is 1.97 bits per heavy atom. The fourth-order valence-corrected chi connectivity index (χ4v) is 3.14. The van der Waals surface area contributed by atoms with Crippen LogP contribution in [0, 0.1) is 0 Å². The lowest BCUT2D eigenvalue weighted by Gasteiger charge is -2.22. The number of rotatable bonds is 6. The van der Waals surface area contributed by atoms with E-state index in [2.05, 4.69) is 20.2 Å². The van der Waals surface area contributed by atoms with Crippen LogP contribution in [0.2, 0.25) is 0 Å². The second kappa shape index (κ2) is 12.6. The van der Waals surface area contributed by atoms with E-state index in [4.69, 9.17) is 24.3 Å². The van der Waals surface area contributed by atoms with Crippen molar-refractivity contribution in [2.75, 3.05) is 6.26 Å². The Morgan fingerprint density at radius 1 is 1.28 bits per heavy atom. The van der Waals surface area contributed by atoms with Gasteiger partial charge in [0, 0.05) is 37.0 Å². The van der Waals surface area contributed by atoms with Gasteiger partial charge in [-0.3, -0.25) is 14.6 Å². The zero-order valence-electron chi connectivity index (χ0n) is 15.8. The predicted molar refractivity (Wildman–Crippen MR) is 102 cm³/mol. The quantitative estimate of drug-likeness (QED) is 0.465. The van der Waals surface area contributed by atoms with Crippen molar-refractivity contribution in [2.24, 2.45) is 0 Å². The molecule has 11 nitrogen and oxygen atoms in total. The van der Waals surface area contributed by atoms with E-state index in [-0.39, 0.29) is 19.5 Å². The molecule has 1 atom stereocenters. The Balaban J connectivity index is 0.000000626. The molecule has 4 N–H and O–H groups in total. The van der Waals surface area contributed by atoms with Gasteiger partial charge in [-0.1, -0.05) is 11.2 Å². The van der Waals surface area contributed by atoms with E-state index in [1.54, 1.807) is 6.20 Å². The summed E-state index contributed by atoms with van der Waals surface area (Å²) in [5.41, 5.74) is 2.84. The first kappa shape index (κ1) is 24.2. The number of nitrogens with one attached hydrogen (secondary N) is 2. The lowest BCUT2D eigenvalue weighted by Crippen LogP contribution is -2.34. The topological polar surface area (TPSA) is 172 Å². The molecule has 3 rings (SSSR count). The molecule has 1 aliphatic rings. The molecule has 0 fully saturated rings. The largest absolute Gasteiger partial charge is 0.483 e. The van der Waals surface area contributed by atoms with Gasteiger partial charge in [-0.05, 0) is 24.5 Å². The Bertz CT molecular complexity index is 850. The van der Waals surface area contributed by atoms with Crippen molar-refractivity contribution in [1.82, 2.24) is 20.2 Å². The zero-order chi connectivity index (χ0) is 21.7. The highest BCUT2D eigenvalue weighted by Crippen LogP contribution is 2.25. The van der Waals surface area contributed by atoms with E-state index in [0.29, 0.717) is 11.7 Å². The van der Waals surface area contributed by atoms with Crippen LogP contribution in [0.4, 0.5) is 0 Å².